The molecule has 0 saturated heterocycles. The third-order valence-corrected chi connectivity index (χ3v) is 8.13. The maximum absolute atomic E-state index is 13.2. The number of aromatic nitrogens is 2. The van der Waals surface area contributed by atoms with Crippen LogP contribution in [0, 0.1) is 6.92 Å². The van der Waals surface area contributed by atoms with Gasteiger partial charge < -0.3 is 14.7 Å². The summed E-state index contributed by atoms with van der Waals surface area (Å²) in [6.45, 7) is 3.48. The standard InChI is InChI=1S/C30H28ClN3O4S/c1-20-25(31)9-4-11-27(20)38-14-5-12-28(35)34-13-15-39-29-24(8-3-10-26(29)34)23-17-32-33(19-23)18-21-6-2-7-22(16-21)30(36)37/h2-4,6-11,16-17,19H,5,12-15,18H2,1H3,(H,36,37). The fraction of sp³-hybridized carbons (Fsp3) is 0.233. The van der Waals surface area contributed by atoms with E-state index in [-0.39, 0.29) is 11.5 Å². The molecule has 5 rings (SSSR count). The highest BCUT2D eigenvalue weighted by molar-refractivity contribution is 7.99. The maximum Gasteiger partial charge on any atom is 0.335 e. The van der Waals surface area contributed by atoms with Crippen molar-refractivity contribution >= 4 is 40.9 Å². The number of fused-ring (bicyclic) bond motifs is 1. The van der Waals surface area contributed by atoms with Crippen molar-refractivity contribution in [1.29, 1.82) is 0 Å². The summed E-state index contributed by atoms with van der Waals surface area (Å²) in [5.74, 6) is 0.682. The SMILES string of the molecule is Cc1c(Cl)cccc1OCCCC(=O)N1CCSc2c(-c3cnn(Cc4cccc(C(=O)O)c4)c3)cccc21. The highest BCUT2D eigenvalue weighted by atomic mass is 35.5. The predicted octanol–water partition coefficient (Wildman–Crippen LogP) is 6.56. The number of amides is 1. The third kappa shape index (κ3) is 6.13. The molecule has 3 aromatic carbocycles. The number of thioether (sulfide) groups is 1. The average Bonchev–Trinajstić information content (AvgIpc) is 3.40. The van der Waals surface area contributed by atoms with E-state index in [1.54, 1.807) is 34.6 Å². The minimum absolute atomic E-state index is 0.0779. The molecule has 7 nitrogen and oxygen atoms in total. The number of rotatable bonds is 9. The van der Waals surface area contributed by atoms with Gasteiger partial charge in [0.15, 0.2) is 0 Å². The fourth-order valence-corrected chi connectivity index (χ4v) is 5.91. The lowest BCUT2D eigenvalue weighted by atomic mass is 10.1. The lowest BCUT2D eigenvalue weighted by molar-refractivity contribution is -0.118. The van der Waals surface area contributed by atoms with Crippen molar-refractivity contribution in [3.8, 4) is 16.9 Å². The summed E-state index contributed by atoms with van der Waals surface area (Å²) in [5, 5.41) is 14.4. The average molecular weight is 562 g/mol. The number of aromatic carboxylic acids is 1. The van der Waals surface area contributed by atoms with Crippen molar-refractivity contribution in [3.05, 3.63) is 94.8 Å². The van der Waals surface area contributed by atoms with Gasteiger partial charge in [-0.3, -0.25) is 9.48 Å². The Labute approximate surface area is 236 Å². The Balaban J connectivity index is 1.26. The van der Waals surface area contributed by atoms with E-state index in [1.807, 2.05) is 66.7 Å². The topological polar surface area (TPSA) is 84.7 Å². The van der Waals surface area contributed by atoms with E-state index in [9.17, 15) is 14.7 Å². The van der Waals surface area contributed by atoms with E-state index < -0.39 is 5.97 Å². The summed E-state index contributed by atoms with van der Waals surface area (Å²) in [5.41, 5.74) is 4.91. The molecule has 200 valence electrons. The van der Waals surface area contributed by atoms with Crippen LogP contribution in [0.1, 0.15) is 34.3 Å². The van der Waals surface area contributed by atoms with Crippen molar-refractivity contribution in [1.82, 2.24) is 9.78 Å². The van der Waals surface area contributed by atoms with Gasteiger partial charge in [0.05, 0.1) is 30.6 Å². The zero-order valence-corrected chi connectivity index (χ0v) is 23.0. The van der Waals surface area contributed by atoms with Gasteiger partial charge in [0.1, 0.15) is 5.75 Å². The van der Waals surface area contributed by atoms with Gasteiger partial charge in [-0.05, 0) is 49.2 Å². The number of benzene rings is 3. The zero-order chi connectivity index (χ0) is 27.4. The van der Waals surface area contributed by atoms with Gasteiger partial charge in [-0.2, -0.15) is 5.10 Å². The lowest BCUT2D eigenvalue weighted by Gasteiger charge is -2.30. The van der Waals surface area contributed by atoms with E-state index in [1.165, 1.54) is 0 Å². The van der Waals surface area contributed by atoms with E-state index in [2.05, 4.69) is 5.10 Å². The van der Waals surface area contributed by atoms with Crippen molar-refractivity contribution < 1.29 is 19.4 Å². The largest absolute Gasteiger partial charge is 0.493 e. The molecule has 1 amide bonds. The molecule has 1 aliphatic rings. The number of nitrogens with zero attached hydrogens (tertiary/aromatic N) is 3. The van der Waals surface area contributed by atoms with Gasteiger partial charge in [0.2, 0.25) is 5.91 Å². The van der Waals surface area contributed by atoms with E-state index in [4.69, 9.17) is 16.3 Å². The van der Waals surface area contributed by atoms with E-state index in [0.717, 1.165) is 44.3 Å². The van der Waals surface area contributed by atoms with Crippen LogP contribution in [0.4, 0.5) is 5.69 Å². The Kier molecular flexibility index (Phi) is 8.24. The monoisotopic (exact) mass is 561 g/mol. The van der Waals surface area contributed by atoms with Crippen LogP contribution < -0.4 is 9.64 Å². The lowest BCUT2D eigenvalue weighted by Crippen LogP contribution is -2.35. The minimum Gasteiger partial charge on any atom is -0.493 e. The second kappa shape index (κ2) is 12.0. The first-order chi connectivity index (χ1) is 18.9. The number of carboxylic acid groups (broad SMARTS) is 1. The minimum atomic E-state index is -0.950. The number of anilines is 1. The highest BCUT2D eigenvalue weighted by Gasteiger charge is 2.25. The van der Waals surface area contributed by atoms with Crippen LogP contribution in [0.25, 0.3) is 11.1 Å². The van der Waals surface area contributed by atoms with Crippen molar-refractivity contribution in [3.63, 3.8) is 0 Å². The number of ether oxygens (including phenoxy) is 1. The molecule has 4 aromatic rings. The van der Waals surface area contributed by atoms with Crippen molar-refractivity contribution in [2.75, 3.05) is 23.8 Å². The highest BCUT2D eigenvalue weighted by Crippen LogP contribution is 2.42. The van der Waals surface area contributed by atoms with Crippen LogP contribution in [-0.4, -0.2) is 45.7 Å². The summed E-state index contributed by atoms with van der Waals surface area (Å²) in [6, 6.07) is 18.5. The molecular formula is C30H28ClN3O4S. The Hall–Kier alpha value is -3.75. The van der Waals surface area contributed by atoms with Crippen LogP contribution in [0.15, 0.2) is 78.0 Å². The van der Waals surface area contributed by atoms with Gasteiger partial charge in [0, 0.05) is 51.5 Å². The van der Waals surface area contributed by atoms with Gasteiger partial charge >= 0.3 is 5.97 Å². The molecule has 0 radical (unpaired) electrons. The van der Waals surface area contributed by atoms with Crippen LogP contribution in [0.5, 0.6) is 5.75 Å². The van der Waals surface area contributed by atoms with Gasteiger partial charge in [-0.15, -0.1) is 11.8 Å². The van der Waals surface area contributed by atoms with Gasteiger partial charge in [-0.1, -0.05) is 41.9 Å². The zero-order valence-electron chi connectivity index (χ0n) is 21.5. The Morgan fingerprint density at radius 2 is 1.95 bits per heavy atom. The van der Waals surface area contributed by atoms with E-state index >= 15 is 0 Å². The number of hydrogen-bond acceptors (Lipinski definition) is 5. The predicted molar refractivity (Wildman–Crippen MR) is 154 cm³/mol. The molecule has 39 heavy (non-hydrogen) atoms. The summed E-state index contributed by atoms with van der Waals surface area (Å²) in [4.78, 5) is 27.4. The molecule has 0 fully saturated rings. The summed E-state index contributed by atoms with van der Waals surface area (Å²) >= 11 is 7.91. The maximum atomic E-state index is 13.2. The Morgan fingerprint density at radius 3 is 2.79 bits per heavy atom. The molecule has 0 spiro atoms. The number of carboxylic acids is 1. The molecule has 1 aromatic heterocycles. The normalized spacial score (nSPS) is 12.7. The first-order valence-electron chi connectivity index (χ1n) is 12.7. The van der Waals surface area contributed by atoms with Crippen molar-refractivity contribution in [2.45, 2.75) is 31.2 Å². The Morgan fingerprint density at radius 1 is 1.13 bits per heavy atom. The van der Waals surface area contributed by atoms with E-state index in [0.29, 0.717) is 37.6 Å². The van der Waals surface area contributed by atoms with Crippen LogP contribution >= 0.6 is 23.4 Å². The molecule has 0 aliphatic carbocycles. The van der Waals surface area contributed by atoms with Crippen LogP contribution in [0.2, 0.25) is 5.02 Å². The van der Waals surface area contributed by atoms with Gasteiger partial charge in [0.25, 0.3) is 0 Å². The molecule has 9 heteroatoms. The quantitative estimate of drug-likeness (QED) is 0.233. The number of carbonyl (C=O) groups excluding carboxylic acids is 1. The first kappa shape index (κ1) is 26.8. The molecule has 1 N–H and O–H groups in total. The molecule has 1 aliphatic heterocycles. The second-order valence-electron chi connectivity index (χ2n) is 9.29. The molecule has 0 atom stereocenters. The molecule has 0 bridgehead atoms. The van der Waals surface area contributed by atoms with Gasteiger partial charge in [-0.25, -0.2) is 4.79 Å². The second-order valence-corrected chi connectivity index (χ2v) is 10.8. The fourth-order valence-electron chi connectivity index (χ4n) is 4.60. The Bertz CT molecular complexity index is 1520. The smallest absolute Gasteiger partial charge is 0.335 e. The molecular weight excluding hydrogens is 534 g/mol. The summed E-state index contributed by atoms with van der Waals surface area (Å²) in [7, 11) is 0. The molecule has 0 unspecified atom stereocenters. The van der Waals surface area contributed by atoms with Crippen LogP contribution in [0.3, 0.4) is 0 Å². The number of carbonyl (C=O) groups is 2. The first-order valence-corrected chi connectivity index (χ1v) is 14.1. The number of halogens is 1. The third-order valence-electron chi connectivity index (χ3n) is 6.62. The number of hydrogen-bond donors (Lipinski definition) is 1. The summed E-state index contributed by atoms with van der Waals surface area (Å²) < 4.78 is 7.67. The molecule has 2 heterocycles. The van der Waals surface area contributed by atoms with Crippen LogP contribution in [-0.2, 0) is 11.3 Å². The molecule has 0 saturated carbocycles. The summed E-state index contributed by atoms with van der Waals surface area (Å²) in [6.07, 6.45) is 4.77. The van der Waals surface area contributed by atoms with Crippen molar-refractivity contribution in [2.24, 2.45) is 0 Å².